The van der Waals surface area contributed by atoms with Crippen molar-refractivity contribution in [1.82, 2.24) is 5.32 Å². The maximum Gasteiger partial charge on any atom is 0.0664 e. The maximum atomic E-state index is 5.77. The molecule has 0 amide bonds. The highest BCUT2D eigenvalue weighted by Crippen LogP contribution is 2.18. The highest BCUT2D eigenvalue weighted by molar-refractivity contribution is 5.30. The van der Waals surface area contributed by atoms with Gasteiger partial charge in [-0.2, -0.15) is 0 Å². The van der Waals surface area contributed by atoms with Gasteiger partial charge >= 0.3 is 0 Å². The van der Waals surface area contributed by atoms with Crippen LogP contribution in [0.2, 0.25) is 0 Å². The number of rotatable bonds is 7. The molecule has 0 aliphatic rings. The Balaban J connectivity index is 2.79. The first-order chi connectivity index (χ1) is 8.52. The normalized spacial score (nSPS) is 13.0. The highest BCUT2D eigenvalue weighted by atomic mass is 16.5. The van der Waals surface area contributed by atoms with E-state index in [1.54, 1.807) is 0 Å². The molecule has 0 fully saturated rings. The number of benzene rings is 1. The number of nitrogens with one attached hydrogen (secondary N) is 1. The van der Waals surface area contributed by atoms with Crippen LogP contribution in [0, 0.1) is 13.8 Å². The zero-order chi connectivity index (χ0) is 13.5. The van der Waals surface area contributed by atoms with E-state index in [9.17, 15) is 0 Å². The van der Waals surface area contributed by atoms with Crippen LogP contribution in [0.15, 0.2) is 18.2 Å². The van der Waals surface area contributed by atoms with E-state index in [1.165, 1.54) is 16.7 Å². The van der Waals surface area contributed by atoms with Crippen molar-refractivity contribution in [3.05, 3.63) is 34.9 Å². The highest BCUT2D eigenvalue weighted by Gasteiger charge is 2.12. The Morgan fingerprint density at radius 1 is 1.11 bits per heavy atom. The minimum absolute atomic E-state index is 0.279. The Morgan fingerprint density at radius 3 is 2.22 bits per heavy atom. The third-order valence-corrected chi connectivity index (χ3v) is 2.88. The van der Waals surface area contributed by atoms with Crippen LogP contribution in [-0.2, 0) is 4.74 Å². The minimum atomic E-state index is 0.279. The fourth-order valence-electron chi connectivity index (χ4n) is 2.09. The molecule has 0 aliphatic carbocycles. The third-order valence-electron chi connectivity index (χ3n) is 2.88. The van der Waals surface area contributed by atoms with Crippen molar-refractivity contribution in [3.63, 3.8) is 0 Å². The van der Waals surface area contributed by atoms with Crippen molar-refractivity contribution < 1.29 is 4.74 Å². The van der Waals surface area contributed by atoms with Gasteiger partial charge in [0.1, 0.15) is 0 Å². The average Bonchev–Trinajstić information content (AvgIpc) is 2.27. The molecule has 1 aromatic carbocycles. The lowest BCUT2D eigenvalue weighted by Gasteiger charge is -2.21. The Kier molecular flexibility index (Phi) is 6.37. The van der Waals surface area contributed by atoms with Crippen LogP contribution in [0.4, 0.5) is 0 Å². The molecule has 2 nitrogen and oxygen atoms in total. The minimum Gasteiger partial charge on any atom is -0.377 e. The topological polar surface area (TPSA) is 21.3 Å². The molecule has 0 aromatic heterocycles. The molecule has 1 atom stereocenters. The van der Waals surface area contributed by atoms with Crippen molar-refractivity contribution in [2.24, 2.45) is 0 Å². The number of ether oxygens (including phenoxy) is 1. The SMILES string of the molecule is CCCNC(COC(C)C)c1cc(C)cc(C)c1. The summed E-state index contributed by atoms with van der Waals surface area (Å²) in [4.78, 5) is 0. The van der Waals surface area contributed by atoms with Crippen LogP contribution in [0.3, 0.4) is 0 Å². The Bertz CT molecular complexity index is 340. The van der Waals surface area contributed by atoms with E-state index in [2.05, 4.69) is 58.1 Å². The summed E-state index contributed by atoms with van der Waals surface area (Å²) >= 11 is 0. The number of aryl methyl sites for hydroxylation is 2. The van der Waals surface area contributed by atoms with Crippen LogP contribution >= 0.6 is 0 Å². The zero-order valence-corrected chi connectivity index (χ0v) is 12.4. The van der Waals surface area contributed by atoms with Crippen molar-refractivity contribution in [2.45, 2.75) is 53.2 Å². The average molecular weight is 249 g/mol. The van der Waals surface area contributed by atoms with Crippen LogP contribution < -0.4 is 5.32 Å². The van der Waals surface area contributed by atoms with Crippen LogP contribution in [0.1, 0.15) is 49.9 Å². The van der Waals surface area contributed by atoms with E-state index in [0.29, 0.717) is 6.04 Å². The molecule has 18 heavy (non-hydrogen) atoms. The Hall–Kier alpha value is -0.860. The molecular weight excluding hydrogens is 222 g/mol. The first kappa shape index (κ1) is 15.2. The fourth-order valence-corrected chi connectivity index (χ4v) is 2.09. The lowest BCUT2D eigenvalue weighted by Crippen LogP contribution is -2.27. The molecule has 0 saturated heterocycles. The van der Waals surface area contributed by atoms with Crippen LogP contribution in [-0.4, -0.2) is 19.3 Å². The van der Waals surface area contributed by atoms with E-state index in [1.807, 2.05) is 0 Å². The first-order valence-electron chi connectivity index (χ1n) is 6.96. The molecule has 102 valence electrons. The predicted molar refractivity (Wildman–Crippen MR) is 78.0 cm³/mol. The van der Waals surface area contributed by atoms with Gasteiger partial charge in [-0.3, -0.25) is 0 Å². The summed E-state index contributed by atoms with van der Waals surface area (Å²) in [5, 5.41) is 3.57. The summed E-state index contributed by atoms with van der Waals surface area (Å²) in [7, 11) is 0. The summed E-state index contributed by atoms with van der Waals surface area (Å²) in [6, 6.07) is 7.02. The standard InChI is InChI=1S/C16H27NO/c1-6-7-17-16(11-18-12(2)3)15-9-13(4)8-14(5)10-15/h8-10,12,16-17H,6-7,11H2,1-5H3. The summed E-state index contributed by atoms with van der Waals surface area (Å²) in [6.45, 7) is 12.4. The smallest absolute Gasteiger partial charge is 0.0664 e. The molecule has 0 radical (unpaired) electrons. The van der Waals surface area contributed by atoms with E-state index in [4.69, 9.17) is 4.74 Å². The third kappa shape index (κ3) is 5.19. The second-order valence-electron chi connectivity index (χ2n) is 5.31. The lowest BCUT2D eigenvalue weighted by atomic mass is 10.0. The monoisotopic (exact) mass is 249 g/mol. The van der Waals surface area contributed by atoms with Gasteiger partial charge in [-0.1, -0.05) is 36.2 Å². The summed E-state index contributed by atoms with van der Waals surface area (Å²) in [5.74, 6) is 0. The van der Waals surface area contributed by atoms with Gasteiger partial charge in [0, 0.05) is 0 Å². The summed E-state index contributed by atoms with van der Waals surface area (Å²) < 4.78 is 5.77. The largest absolute Gasteiger partial charge is 0.377 e. The van der Waals surface area contributed by atoms with Gasteiger partial charge in [0.05, 0.1) is 18.8 Å². The molecule has 1 rings (SSSR count). The Labute approximate surface area is 112 Å². The maximum absolute atomic E-state index is 5.77. The van der Waals surface area contributed by atoms with Gasteiger partial charge in [-0.15, -0.1) is 0 Å². The van der Waals surface area contributed by atoms with E-state index < -0.39 is 0 Å². The van der Waals surface area contributed by atoms with Gasteiger partial charge in [0.25, 0.3) is 0 Å². The van der Waals surface area contributed by atoms with Gasteiger partial charge in [-0.25, -0.2) is 0 Å². The summed E-state index contributed by atoms with van der Waals surface area (Å²) in [6.07, 6.45) is 1.42. The van der Waals surface area contributed by atoms with Gasteiger partial charge in [0.2, 0.25) is 0 Å². The molecule has 0 aliphatic heterocycles. The first-order valence-corrected chi connectivity index (χ1v) is 6.96. The van der Waals surface area contributed by atoms with Crippen LogP contribution in [0.25, 0.3) is 0 Å². The second kappa shape index (κ2) is 7.55. The van der Waals surface area contributed by atoms with Crippen molar-refractivity contribution >= 4 is 0 Å². The lowest BCUT2D eigenvalue weighted by molar-refractivity contribution is 0.0611. The molecular formula is C16H27NO. The molecule has 0 bridgehead atoms. The number of hydrogen-bond donors (Lipinski definition) is 1. The predicted octanol–water partition coefficient (Wildman–Crippen LogP) is 3.77. The zero-order valence-electron chi connectivity index (χ0n) is 12.4. The van der Waals surface area contributed by atoms with Gasteiger partial charge in [0.15, 0.2) is 0 Å². The van der Waals surface area contributed by atoms with Gasteiger partial charge < -0.3 is 10.1 Å². The van der Waals surface area contributed by atoms with E-state index >= 15 is 0 Å². The molecule has 1 N–H and O–H groups in total. The molecule has 0 saturated carbocycles. The van der Waals surface area contributed by atoms with Crippen molar-refractivity contribution in [1.29, 1.82) is 0 Å². The molecule has 2 heteroatoms. The molecule has 0 heterocycles. The quantitative estimate of drug-likeness (QED) is 0.794. The number of hydrogen-bond acceptors (Lipinski definition) is 2. The molecule has 1 aromatic rings. The fraction of sp³-hybridized carbons (Fsp3) is 0.625. The molecule has 1 unspecified atom stereocenters. The molecule has 0 spiro atoms. The van der Waals surface area contributed by atoms with Crippen molar-refractivity contribution in [2.75, 3.05) is 13.2 Å². The van der Waals surface area contributed by atoms with Crippen LogP contribution in [0.5, 0.6) is 0 Å². The van der Waals surface area contributed by atoms with E-state index in [0.717, 1.165) is 19.6 Å². The second-order valence-corrected chi connectivity index (χ2v) is 5.31. The van der Waals surface area contributed by atoms with E-state index in [-0.39, 0.29) is 6.10 Å². The summed E-state index contributed by atoms with van der Waals surface area (Å²) in [5.41, 5.74) is 3.97. The van der Waals surface area contributed by atoms with Gasteiger partial charge in [-0.05, 0) is 46.2 Å². The Morgan fingerprint density at radius 2 is 1.72 bits per heavy atom. The van der Waals surface area contributed by atoms with Crippen molar-refractivity contribution in [3.8, 4) is 0 Å².